The normalized spacial score (nSPS) is 24.0. The Hall–Kier alpha value is -1.61. The summed E-state index contributed by atoms with van der Waals surface area (Å²) in [6, 6.07) is 5.59. The number of fused-ring (bicyclic) bond motifs is 1. The van der Waals surface area contributed by atoms with Crippen LogP contribution in [0.5, 0.6) is 0 Å². The molecule has 2 atom stereocenters. The molecular formula is C16H18ClN5O2S. The van der Waals surface area contributed by atoms with Crippen LogP contribution < -0.4 is 10.6 Å². The number of carbonyl (C=O) groups excluding carboxylic acids is 1. The molecule has 9 heteroatoms. The summed E-state index contributed by atoms with van der Waals surface area (Å²) in [7, 11) is 2.05. The Kier molecular flexibility index (Phi) is 4.68. The molecule has 1 aromatic heterocycles. The van der Waals surface area contributed by atoms with Crippen LogP contribution in [-0.2, 0) is 11.2 Å². The lowest BCUT2D eigenvalue weighted by molar-refractivity contribution is -0.115. The topological polar surface area (TPSA) is 83.3 Å². The Morgan fingerprint density at radius 1 is 1.48 bits per heavy atom. The summed E-state index contributed by atoms with van der Waals surface area (Å²) in [6.45, 7) is 2.69. The minimum atomic E-state index is -0.302. The number of aromatic nitrogens is 2. The molecule has 25 heavy (non-hydrogen) atoms. The van der Waals surface area contributed by atoms with Crippen LogP contribution in [0.3, 0.4) is 0 Å². The van der Waals surface area contributed by atoms with Gasteiger partial charge in [0.05, 0.1) is 17.0 Å². The van der Waals surface area contributed by atoms with Gasteiger partial charge in [-0.2, -0.15) is 4.98 Å². The highest BCUT2D eigenvalue weighted by Crippen LogP contribution is 2.38. The zero-order valence-electron chi connectivity index (χ0n) is 13.7. The van der Waals surface area contributed by atoms with Gasteiger partial charge in [-0.05, 0) is 25.2 Å². The van der Waals surface area contributed by atoms with E-state index >= 15 is 0 Å². The van der Waals surface area contributed by atoms with Crippen molar-refractivity contribution in [2.24, 2.45) is 0 Å². The standard InChI is InChI=1S/C16H18ClN5O2S/c1-22-5-4-18-8-11(22)15-20-14(24-21-15)7-13-16(23)19-10-6-9(17)2-3-12(10)25-13/h2-3,6,11,13,18H,4-5,7-8H2,1H3,(H,19,23). The second-order valence-corrected chi connectivity index (χ2v) is 7.87. The smallest absolute Gasteiger partial charge is 0.238 e. The lowest BCUT2D eigenvalue weighted by Crippen LogP contribution is -2.44. The number of amides is 1. The minimum absolute atomic E-state index is 0.0732. The number of hydrogen-bond donors (Lipinski definition) is 2. The van der Waals surface area contributed by atoms with Gasteiger partial charge in [-0.25, -0.2) is 0 Å². The third-order valence-corrected chi connectivity index (χ3v) is 5.92. The third kappa shape index (κ3) is 3.52. The van der Waals surface area contributed by atoms with Gasteiger partial charge in [0.15, 0.2) is 5.82 Å². The number of halogens is 1. The van der Waals surface area contributed by atoms with Gasteiger partial charge >= 0.3 is 0 Å². The number of nitrogens with one attached hydrogen (secondary N) is 2. The van der Waals surface area contributed by atoms with Crippen LogP contribution in [-0.4, -0.2) is 52.9 Å². The van der Waals surface area contributed by atoms with Crippen LogP contribution >= 0.6 is 23.4 Å². The summed E-state index contributed by atoms with van der Waals surface area (Å²) < 4.78 is 5.39. The van der Waals surface area contributed by atoms with E-state index in [0.29, 0.717) is 23.2 Å². The van der Waals surface area contributed by atoms with E-state index in [0.717, 1.165) is 30.2 Å². The molecule has 2 N–H and O–H groups in total. The first kappa shape index (κ1) is 16.8. The Morgan fingerprint density at radius 3 is 3.20 bits per heavy atom. The molecule has 2 aliphatic heterocycles. The lowest BCUT2D eigenvalue weighted by Gasteiger charge is -2.30. The summed E-state index contributed by atoms with van der Waals surface area (Å²) in [5.41, 5.74) is 0.750. The molecule has 7 nitrogen and oxygen atoms in total. The van der Waals surface area contributed by atoms with E-state index in [1.807, 2.05) is 19.2 Å². The summed E-state index contributed by atoms with van der Waals surface area (Å²) in [5.74, 6) is 1.08. The maximum Gasteiger partial charge on any atom is 0.238 e. The van der Waals surface area contributed by atoms with Gasteiger partial charge in [-0.15, -0.1) is 11.8 Å². The van der Waals surface area contributed by atoms with Gasteiger partial charge in [0.1, 0.15) is 0 Å². The Bertz CT molecular complexity index is 799. The average Bonchev–Trinajstić information content (AvgIpc) is 3.04. The highest BCUT2D eigenvalue weighted by atomic mass is 35.5. The fourth-order valence-corrected chi connectivity index (χ4v) is 4.25. The first-order valence-electron chi connectivity index (χ1n) is 8.10. The van der Waals surface area contributed by atoms with Crippen LogP contribution in [0.25, 0.3) is 0 Å². The summed E-state index contributed by atoms with van der Waals surface area (Å²) in [4.78, 5) is 20.1. The summed E-state index contributed by atoms with van der Waals surface area (Å²) in [6.07, 6.45) is 0.398. The molecule has 0 saturated carbocycles. The van der Waals surface area contributed by atoms with E-state index in [1.165, 1.54) is 11.8 Å². The quantitative estimate of drug-likeness (QED) is 0.843. The van der Waals surface area contributed by atoms with Gasteiger partial charge in [0.25, 0.3) is 0 Å². The highest BCUT2D eigenvalue weighted by molar-refractivity contribution is 8.01. The van der Waals surface area contributed by atoms with Gasteiger partial charge < -0.3 is 15.2 Å². The van der Waals surface area contributed by atoms with Crippen molar-refractivity contribution in [2.75, 3.05) is 32.0 Å². The fourth-order valence-electron chi connectivity index (χ4n) is 3.00. The number of likely N-dealkylation sites (N-methyl/N-ethyl adjacent to an activating group) is 1. The molecule has 0 spiro atoms. The molecule has 132 valence electrons. The molecule has 1 amide bonds. The van der Waals surface area contributed by atoms with Crippen molar-refractivity contribution >= 4 is 35.0 Å². The number of carbonyl (C=O) groups is 1. The Balaban J connectivity index is 1.47. The predicted molar refractivity (Wildman–Crippen MR) is 96.0 cm³/mol. The number of thioether (sulfide) groups is 1. The van der Waals surface area contributed by atoms with E-state index in [4.69, 9.17) is 16.1 Å². The molecule has 2 aromatic rings. The van der Waals surface area contributed by atoms with E-state index in [2.05, 4.69) is 25.7 Å². The molecule has 3 heterocycles. The third-order valence-electron chi connectivity index (χ3n) is 4.41. The maximum absolute atomic E-state index is 12.4. The van der Waals surface area contributed by atoms with Gasteiger partial charge in [0.2, 0.25) is 11.8 Å². The zero-order chi connectivity index (χ0) is 17.4. The molecule has 2 aliphatic rings. The van der Waals surface area contributed by atoms with Crippen molar-refractivity contribution in [1.82, 2.24) is 20.4 Å². The van der Waals surface area contributed by atoms with E-state index in [1.54, 1.807) is 6.07 Å². The average molecular weight is 380 g/mol. The molecule has 1 fully saturated rings. The maximum atomic E-state index is 12.4. The summed E-state index contributed by atoms with van der Waals surface area (Å²) in [5, 5.41) is 10.6. The van der Waals surface area contributed by atoms with Crippen molar-refractivity contribution in [3.05, 3.63) is 34.9 Å². The second-order valence-electron chi connectivity index (χ2n) is 6.19. The van der Waals surface area contributed by atoms with Gasteiger partial charge in [-0.1, -0.05) is 16.8 Å². The number of hydrogen-bond acceptors (Lipinski definition) is 7. The van der Waals surface area contributed by atoms with Crippen LogP contribution in [0.4, 0.5) is 5.69 Å². The minimum Gasteiger partial charge on any atom is -0.339 e. The van der Waals surface area contributed by atoms with Gasteiger partial charge in [0, 0.05) is 36.0 Å². The molecule has 0 radical (unpaired) electrons. The molecule has 1 saturated heterocycles. The molecule has 1 aromatic carbocycles. The Labute approximate surface area is 154 Å². The first-order chi connectivity index (χ1) is 12.1. The van der Waals surface area contributed by atoms with Crippen molar-refractivity contribution in [1.29, 1.82) is 0 Å². The van der Waals surface area contributed by atoms with Crippen LogP contribution in [0.1, 0.15) is 17.8 Å². The van der Waals surface area contributed by atoms with E-state index < -0.39 is 0 Å². The largest absolute Gasteiger partial charge is 0.339 e. The van der Waals surface area contributed by atoms with E-state index in [9.17, 15) is 4.79 Å². The number of benzene rings is 1. The summed E-state index contributed by atoms with van der Waals surface area (Å²) >= 11 is 7.47. The molecule has 4 rings (SSSR count). The van der Waals surface area contributed by atoms with Gasteiger partial charge in [-0.3, -0.25) is 9.69 Å². The second kappa shape index (κ2) is 6.95. The van der Waals surface area contributed by atoms with E-state index in [-0.39, 0.29) is 17.2 Å². The van der Waals surface area contributed by atoms with Crippen molar-refractivity contribution in [2.45, 2.75) is 22.6 Å². The number of anilines is 1. The SMILES string of the molecule is CN1CCNCC1c1noc(CC2Sc3ccc(Cl)cc3NC2=O)n1. The molecular weight excluding hydrogens is 362 g/mol. The molecule has 0 bridgehead atoms. The van der Waals surface area contributed by atoms with Crippen molar-refractivity contribution in [3.8, 4) is 0 Å². The number of nitrogens with zero attached hydrogens (tertiary/aromatic N) is 3. The molecule has 2 unspecified atom stereocenters. The Morgan fingerprint density at radius 2 is 2.36 bits per heavy atom. The van der Waals surface area contributed by atoms with Crippen molar-refractivity contribution in [3.63, 3.8) is 0 Å². The molecule has 0 aliphatic carbocycles. The fraction of sp³-hybridized carbons (Fsp3) is 0.438. The highest BCUT2D eigenvalue weighted by Gasteiger charge is 2.30. The van der Waals surface area contributed by atoms with Crippen LogP contribution in [0.15, 0.2) is 27.6 Å². The monoisotopic (exact) mass is 379 g/mol. The predicted octanol–water partition coefficient (Wildman–Crippen LogP) is 1.95. The van der Waals surface area contributed by atoms with Crippen molar-refractivity contribution < 1.29 is 9.32 Å². The van der Waals surface area contributed by atoms with Crippen LogP contribution in [0, 0.1) is 0 Å². The first-order valence-corrected chi connectivity index (χ1v) is 9.36. The van der Waals surface area contributed by atoms with Crippen LogP contribution in [0.2, 0.25) is 5.02 Å². The number of rotatable bonds is 3. The zero-order valence-corrected chi connectivity index (χ0v) is 15.2. The lowest BCUT2D eigenvalue weighted by atomic mass is 10.2. The number of piperazine rings is 1.